The summed E-state index contributed by atoms with van der Waals surface area (Å²) in [7, 11) is 0. The molecule has 106 valence electrons. The van der Waals surface area contributed by atoms with Crippen molar-refractivity contribution in [2.45, 2.75) is 19.1 Å². The maximum Gasteiger partial charge on any atom is 0.408 e. The Morgan fingerprint density at radius 2 is 2.05 bits per heavy atom. The number of aliphatic hydroxyl groups excluding tert-OH is 1. The first-order valence-electron chi connectivity index (χ1n) is 6.41. The van der Waals surface area contributed by atoms with E-state index in [4.69, 9.17) is 14.3 Å². The minimum Gasteiger partial charge on any atom is -0.467 e. The molecule has 1 atom stereocenters. The van der Waals surface area contributed by atoms with E-state index in [1.165, 1.54) is 6.26 Å². The van der Waals surface area contributed by atoms with E-state index in [-0.39, 0.29) is 13.2 Å². The molecule has 1 heterocycles. The van der Waals surface area contributed by atoms with Gasteiger partial charge in [0.15, 0.2) is 0 Å². The molecule has 0 saturated carbocycles. The summed E-state index contributed by atoms with van der Waals surface area (Å²) in [5.74, 6) is 0.593. The van der Waals surface area contributed by atoms with Crippen LogP contribution in [0.1, 0.15) is 23.8 Å². The highest BCUT2D eigenvalue weighted by molar-refractivity contribution is 5.67. The maximum absolute atomic E-state index is 11.7. The molecule has 1 aromatic carbocycles. The van der Waals surface area contributed by atoms with E-state index in [1.54, 1.807) is 12.1 Å². The zero-order valence-corrected chi connectivity index (χ0v) is 11.0. The Labute approximate surface area is 117 Å². The Hall–Kier alpha value is -2.27. The average Bonchev–Trinajstić information content (AvgIpc) is 3.00. The molecule has 20 heavy (non-hydrogen) atoms. The number of nitrogens with one attached hydrogen (secondary N) is 1. The van der Waals surface area contributed by atoms with Crippen molar-refractivity contribution in [2.75, 3.05) is 6.61 Å². The number of alkyl carbamates (subject to hydrolysis) is 1. The van der Waals surface area contributed by atoms with E-state index >= 15 is 0 Å². The van der Waals surface area contributed by atoms with Crippen LogP contribution in [0.5, 0.6) is 0 Å². The molecule has 5 heteroatoms. The number of hydrogen-bond donors (Lipinski definition) is 2. The van der Waals surface area contributed by atoms with E-state index in [0.29, 0.717) is 12.2 Å². The molecule has 2 N–H and O–H groups in total. The third-order valence-electron chi connectivity index (χ3n) is 2.81. The number of hydrogen-bond acceptors (Lipinski definition) is 4. The summed E-state index contributed by atoms with van der Waals surface area (Å²) in [4.78, 5) is 11.7. The van der Waals surface area contributed by atoms with Crippen LogP contribution >= 0.6 is 0 Å². The molecule has 2 aromatic rings. The standard InChI is InChI=1S/C15H17NO4/c17-9-8-13(14-7-4-10-19-14)16-15(18)20-11-12-5-2-1-3-6-12/h1-7,10,13,17H,8-9,11H2,(H,16,18). The topological polar surface area (TPSA) is 71.7 Å². The van der Waals surface area contributed by atoms with Gasteiger partial charge in [-0.15, -0.1) is 0 Å². The predicted octanol–water partition coefficient (Wildman–Crippen LogP) is 2.63. The number of benzene rings is 1. The van der Waals surface area contributed by atoms with Gasteiger partial charge in [-0.2, -0.15) is 0 Å². The molecule has 1 unspecified atom stereocenters. The van der Waals surface area contributed by atoms with Crippen LogP contribution in [0.25, 0.3) is 0 Å². The minimum atomic E-state index is -0.538. The van der Waals surface area contributed by atoms with Crippen molar-refractivity contribution >= 4 is 6.09 Å². The first-order chi connectivity index (χ1) is 9.79. The zero-order valence-electron chi connectivity index (χ0n) is 11.0. The highest BCUT2D eigenvalue weighted by Crippen LogP contribution is 2.17. The molecule has 5 nitrogen and oxygen atoms in total. The van der Waals surface area contributed by atoms with Crippen LogP contribution in [0.3, 0.4) is 0 Å². The largest absolute Gasteiger partial charge is 0.467 e. The number of carbonyl (C=O) groups excluding carboxylic acids is 1. The molecule has 1 amide bonds. The lowest BCUT2D eigenvalue weighted by Gasteiger charge is -2.15. The van der Waals surface area contributed by atoms with E-state index < -0.39 is 12.1 Å². The molecule has 0 bridgehead atoms. The average molecular weight is 275 g/mol. The van der Waals surface area contributed by atoms with Crippen LogP contribution in [-0.4, -0.2) is 17.8 Å². The summed E-state index contributed by atoms with van der Waals surface area (Å²) < 4.78 is 10.4. The van der Waals surface area contributed by atoms with Gasteiger partial charge in [0, 0.05) is 6.61 Å². The normalized spacial score (nSPS) is 11.8. The van der Waals surface area contributed by atoms with E-state index in [0.717, 1.165) is 5.56 Å². The summed E-state index contributed by atoms with van der Waals surface area (Å²) in [6.07, 6.45) is 1.36. The summed E-state index contributed by atoms with van der Waals surface area (Å²) in [5, 5.41) is 11.7. The third kappa shape index (κ3) is 4.13. The molecular formula is C15H17NO4. The Kier molecular flexibility index (Phi) is 5.20. The Balaban J connectivity index is 1.86. The molecule has 0 radical (unpaired) electrons. The Morgan fingerprint density at radius 3 is 2.70 bits per heavy atom. The monoisotopic (exact) mass is 275 g/mol. The fourth-order valence-corrected chi connectivity index (χ4v) is 1.81. The van der Waals surface area contributed by atoms with Gasteiger partial charge < -0.3 is 19.6 Å². The highest BCUT2D eigenvalue weighted by Gasteiger charge is 2.17. The van der Waals surface area contributed by atoms with Gasteiger partial charge in [-0.05, 0) is 24.1 Å². The number of carbonyl (C=O) groups is 1. The molecule has 0 saturated heterocycles. The van der Waals surface area contributed by atoms with Crippen molar-refractivity contribution in [3.63, 3.8) is 0 Å². The van der Waals surface area contributed by atoms with Gasteiger partial charge in [0.05, 0.1) is 12.3 Å². The van der Waals surface area contributed by atoms with E-state index in [9.17, 15) is 4.79 Å². The second-order valence-electron chi connectivity index (χ2n) is 4.29. The molecular weight excluding hydrogens is 258 g/mol. The highest BCUT2D eigenvalue weighted by atomic mass is 16.5. The number of amides is 1. The van der Waals surface area contributed by atoms with Gasteiger partial charge in [-0.25, -0.2) is 4.79 Å². The predicted molar refractivity (Wildman–Crippen MR) is 72.9 cm³/mol. The van der Waals surface area contributed by atoms with Crippen LogP contribution in [0.15, 0.2) is 53.1 Å². The van der Waals surface area contributed by atoms with Gasteiger partial charge in [0.1, 0.15) is 12.4 Å². The summed E-state index contributed by atoms with van der Waals surface area (Å²) >= 11 is 0. The number of rotatable bonds is 6. The van der Waals surface area contributed by atoms with Crippen LogP contribution < -0.4 is 5.32 Å². The van der Waals surface area contributed by atoms with Crippen molar-refractivity contribution in [3.8, 4) is 0 Å². The number of aliphatic hydroxyl groups is 1. The van der Waals surface area contributed by atoms with Crippen LogP contribution in [0.2, 0.25) is 0 Å². The van der Waals surface area contributed by atoms with Crippen molar-refractivity contribution < 1.29 is 19.1 Å². The fraction of sp³-hybridized carbons (Fsp3) is 0.267. The molecule has 1 aromatic heterocycles. The fourth-order valence-electron chi connectivity index (χ4n) is 1.81. The second kappa shape index (κ2) is 7.35. The quantitative estimate of drug-likeness (QED) is 0.850. The van der Waals surface area contributed by atoms with Crippen LogP contribution in [-0.2, 0) is 11.3 Å². The Bertz CT molecular complexity index is 510. The maximum atomic E-state index is 11.7. The summed E-state index contributed by atoms with van der Waals surface area (Å²) in [6.45, 7) is 0.154. The lowest BCUT2D eigenvalue weighted by Crippen LogP contribution is -2.29. The minimum absolute atomic E-state index is 0.0513. The lowest BCUT2D eigenvalue weighted by molar-refractivity contribution is 0.131. The van der Waals surface area contributed by atoms with E-state index in [1.807, 2.05) is 30.3 Å². The molecule has 0 spiro atoms. The summed E-state index contributed by atoms with van der Waals surface area (Å²) in [6, 6.07) is 12.5. The van der Waals surface area contributed by atoms with E-state index in [2.05, 4.69) is 5.32 Å². The third-order valence-corrected chi connectivity index (χ3v) is 2.81. The zero-order chi connectivity index (χ0) is 14.2. The first-order valence-corrected chi connectivity index (χ1v) is 6.41. The molecule has 0 aliphatic rings. The lowest BCUT2D eigenvalue weighted by atomic mass is 10.1. The van der Waals surface area contributed by atoms with Crippen molar-refractivity contribution in [2.24, 2.45) is 0 Å². The number of furan rings is 1. The van der Waals surface area contributed by atoms with Gasteiger partial charge >= 0.3 is 6.09 Å². The number of ether oxygens (including phenoxy) is 1. The van der Waals surface area contributed by atoms with Crippen molar-refractivity contribution in [1.29, 1.82) is 0 Å². The molecule has 0 aliphatic heterocycles. The van der Waals surface area contributed by atoms with Gasteiger partial charge in [-0.1, -0.05) is 30.3 Å². The van der Waals surface area contributed by atoms with Crippen molar-refractivity contribution in [3.05, 3.63) is 60.1 Å². The van der Waals surface area contributed by atoms with Gasteiger partial charge in [-0.3, -0.25) is 0 Å². The smallest absolute Gasteiger partial charge is 0.408 e. The molecule has 2 rings (SSSR count). The van der Waals surface area contributed by atoms with Crippen LogP contribution in [0, 0.1) is 0 Å². The summed E-state index contributed by atoms with van der Waals surface area (Å²) in [5.41, 5.74) is 0.916. The van der Waals surface area contributed by atoms with Crippen molar-refractivity contribution in [1.82, 2.24) is 5.32 Å². The first kappa shape index (κ1) is 14.1. The van der Waals surface area contributed by atoms with Crippen LogP contribution in [0.4, 0.5) is 4.79 Å². The molecule has 0 fully saturated rings. The second-order valence-corrected chi connectivity index (χ2v) is 4.29. The van der Waals surface area contributed by atoms with Gasteiger partial charge in [0.2, 0.25) is 0 Å². The SMILES string of the molecule is O=C(NC(CCO)c1ccco1)OCc1ccccc1. The molecule has 0 aliphatic carbocycles. The Morgan fingerprint density at radius 1 is 1.25 bits per heavy atom. The van der Waals surface area contributed by atoms with Gasteiger partial charge in [0.25, 0.3) is 0 Å².